The molecular weight excluding hydrogens is 361 g/mol. The highest BCUT2D eigenvalue weighted by Crippen LogP contribution is 2.27. The van der Waals surface area contributed by atoms with Gasteiger partial charge in [0.1, 0.15) is 0 Å². The Morgan fingerprint density at radius 2 is 2.00 bits per heavy atom. The predicted octanol–water partition coefficient (Wildman–Crippen LogP) is 2.06. The highest BCUT2D eigenvalue weighted by molar-refractivity contribution is 5.79. The van der Waals surface area contributed by atoms with Gasteiger partial charge >= 0.3 is 6.18 Å². The molecule has 1 amide bonds. The lowest BCUT2D eigenvalue weighted by atomic mass is 10.1. The average Bonchev–Trinajstić information content (AvgIpc) is 3.04. The molecule has 0 atom stereocenters. The summed E-state index contributed by atoms with van der Waals surface area (Å²) in [6, 6.07) is 5.54. The van der Waals surface area contributed by atoms with Crippen molar-refractivity contribution in [2.24, 2.45) is 0 Å². The third kappa shape index (κ3) is 4.21. The molecule has 0 aliphatic heterocycles. The van der Waals surface area contributed by atoms with Crippen molar-refractivity contribution in [2.75, 3.05) is 6.54 Å². The van der Waals surface area contributed by atoms with E-state index in [-0.39, 0.29) is 18.1 Å². The first kappa shape index (κ1) is 18.7. The number of nitrogens with one attached hydrogen (secondary N) is 1. The number of amides is 1. The monoisotopic (exact) mass is 378 g/mol. The summed E-state index contributed by atoms with van der Waals surface area (Å²) in [6.45, 7) is 3.63. The van der Waals surface area contributed by atoms with E-state index in [1.165, 1.54) is 0 Å². The summed E-state index contributed by atoms with van der Waals surface area (Å²) in [7, 11) is 0. The number of alkyl halides is 3. The van der Waals surface area contributed by atoms with E-state index in [1.807, 2.05) is 18.2 Å². The first-order chi connectivity index (χ1) is 12.8. The molecule has 10 heteroatoms. The van der Waals surface area contributed by atoms with Gasteiger partial charge in [-0.15, -0.1) is 5.10 Å². The molecule has 3 aromatic heterocycles. The van der Waals surface area contributed by atoms with Gasteiger partial charge in [0.15, 0.2) is 0 Å². The largest absolute Gasteiger partial charge is 0.453 e. The normalized spacial score (nSPS) is 11.7. The Bertz CT molecular complexity index is 968. The van der Waals surface area contributed by atoms with Crippen LogP contribution in [0.25, 0.3) is 5.78 Å². The Balaban J connectivity index is 1.73. The number of hydrogen-bond acceptors (Lipinski definition) is 5. The molecule has 0 aromatic carbocycles. The lowest BCUT2D eigenvalue weighted by molar-refractivity contribution is -0.144. The van der Waals surface area contributed by atoms with Gasteiger partial charge in [0, 0.05) is 41.8 Å². The van der Waals surface area contributed by atoms with Gasteiger partial charge in [-0.3, -0.25) is 9.78 Å². The number of carbonyl (C=O) groups is 1. The number of hydrogen-bond donors (Lipinski definition) is 1. The number of fused-ring (bicyclic) bond motifs is 1. The van der Waals surface area contributed by atoms with Gasteiger partial charge in [0.25, 0.3) is 11.6 Å². The van der Waals surface area contributed by atoms with Crippen molar-refractivity contribution in [1.29, 1.82) is 0 Å². The van der Waals surface area contributed by atoms with Crippen molar-refractivity contribution in [3.8, 4) is 0 Å². The van der Waals surface area contributed by atoms with Crippen LogP contribution >= 0.6 is 0 Å². The number of rotatable bonds is 5. The van der Waals surface area contributed by atoms with Crippen LogP contribution in [-0.4, -0.2) is 37.0 Å². The molecule has 0 aliphatic carbocycles. The third-order valence-electron chi connectivity index (χ3n) is 4.07. The van der Waals surface area contributed by atoms with Crippen LogP contribution in [-0.2, 0) is 23.8 Å². The summed E-state index contributed by atoms with van der Waals surface area (Å²) in [6.07, 6.45) is -2.40. The number of carbonyl (C=O) groups excluding carboxylic acids is 1. The van der Waals surface area contributed by atoms with Crippen LogP contribution in [0.4, 0.5) is 13.2 Å². The maximum atomic E-state index is 12.8. The molecule has 3 rings (SSSR count). The molecule has 7 nitrogen and oxygen atoms in total. The Morgan fingerprint density at radius 1 is 1.22 bits per heavy atom. The standard InChI is InChI=1S/C17H17F3N6O/c1-10-13(9-14(27)22-8-6-12-5-3-4-7-21-12)11(2)26-16(23-10)24-15(25-26)17(18,19)20/h3-5,7H,6,8-9H2,1-2H3,(H,22,27). The average molecular weight is 378 g/mol. The van der Waals surface area contributed by atoms with Gasteiger partial charge in [-0.2, -0.15) is 18.2 Å². The molecule has 0 saturated carbocycles. The minimum atomic E-state index is -4.66. The van der Waals surface area contributed by atoms with Gasteiger partial charge in [0.2, 0.25) is 5.91 Å². The van der Waals surface area contributed by atoms with Crippen LogP contribution in [0.5, 0.6) is 0 Å². The molecule has 142 valence electrons. The minimum Gasteiger partial charge on any atom is -0.355 e. The van der Waals surface area contributed by atoms with Gasteiger partial charge in [-0.1, -0.05) is 6.07 Å². The van der Waals surface area contributed by atoms with E-state index in [9.17, 15) is 18.0 Å². The van der Waals surface area contributed by atoms with Crippen LogP contribution in [0.3, 0.4) is 0 Å². The van der Waals surface area contributed by atoms with Crippen molar-refractivity contribution in [1.82, 2.24) is 29.9 Å². The quantitative estimate of drug-likeness (QED) is 0.735. The van der Waals surface area contributed by atoms with Gasteiger partial charge < -0.3 is 5.32 Å². The van der Waals surface area contributed by atoms with E-state index in [1.54, 1.807) is 20.0 Å². The van der Waals surface area contributed by atoms with E-state index in [0.717, 1.165) is 10.2 Å². The maximum Gasteiger partial charge on any atom is 0.453 e. The molecule has 0 bridgehead atoms. The number of nitrogens with zero attached hydrogens (tertiary/aromatic N) is 5. The second-order valence-corrected chi connectivity index (χ2v) is 6.00. The summed E-state index contributed by atoms with van der Waals surface area (Å²) in [5.74, 6) is -1.65. The van der Waals surface area contributed by atoms with Crippen LogP contribution in [0.1, 0.15) is 28.5 Å². The molecule has 0 spiro atoms. The van der Waals surface area contributed by atoms with Crippen LogP contribution in [0.2, 0.25) is 0 Å². The van der Waals surface area contributed by atoms with Gasteiger partial charge in [0.05, 0.1) is 6.42 Å². The summed E-state index contributed by atoms with van der Waals surface area (Å²) in [4.78, 5) is 23.9. The highest BCUT2D eigenvalue weighted by atomic mass is 19.4. The van der Waals surface area contributed by atoms with Gasteiger partial charge in [-0.05, 0) is 26.0 Å². The smallest absolute Gasteiger partial charge is 0.355 e. The van der Waals surface area contributed by atoms with E-state index >= 15 is 0 Å². The molecule has 0 fully saturated rings. The number of halogens is 3. The number of pyridine rings is 1. The SMILES string of the molecule is Cc1nc2nc(C(F)(F)F)nn2c(C)c1CC(=O)NCCc1ccccn1. The zero-order valence-corrected chi connectivity index (χ0v) is 14.7. The van der Waals surface area contributed by atoms with Crippen LogP contribution in [0, 0.1) is 13.8 Å². The van der Waals surface area contributed by atoms with E-state index < -0.39 is 12.0 Å². The predicted molar refractivity (Wildman–Crippen MR) is 89.9 cm³/mol. The molecular formula is C17H17F3N6O. The zero-order chi connectivity index (χ0) is 19.6. The highest BCUT2D eigenvalue weighted by Gasteiger charge is 2.37. The lowest BCUT2D eigenvalue weighted by Crippen LogP contribution is -2.28. The fourth-order valence-electron chi connectivity index (χ4n) is 2.68. The Hall–Kier alpha value is -3.04. The summed E-state index contributed by atoms with van der Waals surface area (Å²) < 4.78 is 39.5. The first-order valence-electron chi connectivity index (χ1n) is 8.22. The topological polar surface area (TPSA) is 85.1 Å². The molecule has 0 radical (unpaired) electrons. The minimum absolute atomic E-state index is 0.00988. The molecule has 27 heavy (non-hydrogen) atoms. The number of aryl methyl sites for hydroxylation is 2. The van der Waals surface area contributed by atoms with Gasteiger partial charge in [-0.25, -0.2) is 9.50 Å². The van der Waals surface area contributed by atoms with Crippen molar-refractivity contribution < 1.29 is 18.0 Å². The Morgan fingerprint density at radius 3 is 2.67 bits per heavy atom. The number of aromatic nitrogens is 5. The molecule has 3 aromatic rings. The fraction of sp³-hybridized carbons (Fsp3) is 0.353. The summed E-state index contributed by atoms with van der Waals surface area (Å²) in [5, 5.41) is 6.25. The third-order valence-corrected chi connectivity index (χ3v) is 4.07. The molecule has 1 N–H and O–H groups in total. The maximum absolute atomic E-state index is 12.8. The Labute approximate surface area is 152 Å². The van der Waals surface area contributed by atoms with E-state index in [2.05, 4.69) is 25.4 Å². The Kier molecular flexibility index (Phi) is 5.06. The van der Waals surface area contributed by atoms with Crippen LogP contribution < -0.4 is 5.32 Å². The molecule has 3 heterocycles. The zero-order valence-electron chi connectivity index (χ0n) is 14.7. The molecule has 0 aliphatic rings. The van der Waals surface area contributed by atoms with Crippen molar-refractivity contribution in [3.05, 3.63) is 52.9 Å². The van der Waals surface area contributed by atoms with Crippen molar-refractivity contribution in [3.63, 3.8) is 0 Å². The lowest BCUT2D eigenvalue weighted by Gasteiger charge is -2.10. The second-order valence-electron chi connectivity index (χ2n) is 6.00. The van der Waals surface area contributed by atoms with Crippen molar-refractivity contribution >= 4 is 11.7 Å². The molecule has 0 saturated heterocycles. The summed E-state index contributed by atoms with van der Waals surface area (Å²) in [5.41, 5.74) is 2.23. The van der Waals surface area contributed by atoms with Crippen LogP contribution in [0.15, 0.2) is 24.4 Å². The fourth-order valence-corrected chi connectivity index (χ4v) is 2.68. The van der Waals surface area contributed by atoms with Crippen molar-refractivity contribution in [2.45, 2.75) is 32.9 Å². The second kappa shape index (κ2) is 7.29. The molecule has 0 unspecified atom stereocenters. The van der Waals surface area contributed by atoms with E-state index in [4.69, 9.17) is 0 Å². The first-order valence-corrected chi connectivity index (χ1v) is 8.22. The van der Waals surface area contributed by atoms with E-state index in [0.29, 0.717) is 29.9 Å². The summed E-state index contributed by atoms with van der Waals surface area (Å²) >= 11 is 0.